The van der Waals surface area contributed by atoms with Gasteiger partial charge in [-0.3, -0.25) is 4.79 Å². The molecule has 1 aromatic heterocycles. The fourth-order valence-corrected chi connectivity index (χ4v) is 2.55. The number of carbonyl (C=O) groups is 1. The molecule has 0 aliphatic heterocycles. The number of hydrogen-bond donors (Lipinski definition) is 2. The molecule has 132 valence electrons. The summed E-state index contributed by atoms with van der Waals surface area (Å²) in [5.41, 5.74) is 2.52. The highest BCUT2D eigenvalue weighted by Crippen LogP contribution is 2.16. The second-order valence-corrected chi connectivity index (χ2v) is 6.32. The predicted molar refractivity (Wildman–Crippen MR) is 103 cm³/mol. The molecule has 0 aliphatic rings. The van der Waals surface area contributed by atoms with Gasteiger partial charge in [-0.2, -0.15) is 0 Å². The summed E-state index contributed by atoms with van der Waals surface area (Å²) >= 11 is 5.85. The minimum Gasteiger partial charge on any atom is -0.348 e. The van der Waals surface area contributed by atoms with Crippen LogP contribution in [-0.4, -0.2) is 15.9 Å². The Morgan fingerprint density at radius 2 is 1.69 bits per heavy atom. The van der Waals surface area contributed by atoms with Crippen LogP contribution in [0.2, 0.25) is 5.02 Å². The molecule has 26 heavy (non-hydrogen) atoms. The molecule has 1 heterocycles. The van der Waals surface area contributed by atoms with Crippen molar-refractivity contribution < 1.29 is 4.79 Å². The molecule has 0 bridgehead atoms. The molecule has 0 saturated heterocycles. The van der Waals surface area contributed by atoms with Crippen molar-refractivity contribution in [2.75, 3.05) is 5.32 Å². The van der Waals surface area contributed by atoms with Gasteiger partial charge in [0.2, 0.25) is 5.95 Å². The first-order valence-electron chi connectivity index (χ1n) is 8.28. The third-order valence-electron chi connectivity index (χ3n) is 3.93. The molecular formula is C20H19ClN4O. The highest BCUT2D eigenvalue weighted by atomic mass is 35.5. The SMILES string of the molecule is CC(Nc1ncc(C(=O)NCc2ccc(Cl)cc2)cn1)c1ccccc1. The Bertz CT molecular complexity index is 851. The van der Waals surface area contributed by atoms with E-state index in [9.17, 15) is 4.79 Å². The van der Waals surface area contributed by atoms with Gasteiger partial charge in [0.15, 0.2) is 0 Å². The standard InChI is InChI=1S/C20H19ClN4O/c1-14(16-5-3-2-4-6-16)25-20-23-12-17(13-24-20)19(26)22-11-15-7-9-18(21)10-8-15/h2-10,12-14H,11H2,1H3,(H,22,26)(H,23,24,25). The molecule has 1 amide bonds. The van der Waals surface area contributed by atoms with Crippen molar-refractivity contribution in [2.24, 2.45) is 0 Å². The normalized spacial score (nSPS) is 11.6. The first kappa shape index (κ1) is 17.9. The Morgan fingerprint density at radius 1 is 1.04 bits per heavy atom. The Hall–Kier alpha value is -2.92. The topological polar surface area (TPSA) is 66.9 Å². The van der Waals surface area contributed by atoms with Crippen LogP contribution in [0.1, 0.15) is 34.5 Å². The summed E-state index contributed by atoms with van der Waals surface area (Å²) in [6, 6.07) is 17.4. The number of amides is 1. The molecule has 1 unspecified atom stereocenters. The molecule has 0 radical (unpaired) electrons. The van der Waals surface area contributed by atoms with Gasteiger partial charge in [0.05, 0.1) is 11.6 Å². The van der Waals surface area contributed by atoms with Crippen LogP contribution in [0.3, 0.4) is 0 Å². The summed E-state index contributed by atoms with van der Waals surface area (Å²) in [4.78, 5) is 20.7. The van der Waals surface area contributed by atoms with Gasteiger partial charge in [0, 0.05) is 24.0 Å². The maximum Gasteiger partial charge on any atom is 0.254 e. The molecule has 2 N–H and O–H groups in total. The lowest BCUT2D eigenvalue weighted by Gasteiger charge is -2.14. The quantitative estimate of drug-likeness (QED) is 0.685. The number of nitrogens with one attached hydrogen (secondary N) is 2. The Labute approximate surface area is 157 Å². The highest BCUT2D eigenvalue weighted by molar-refractivity contribution is 6.30. The second-order valence-electron chi connectivity index (χ2n) is 5.88. The molecule has 3 rings (SSSR count). The molecular weight excluding hydrogens is 348 g/mol. The summed E-state index contributed by atoms with van der Waals surface area (Å²) in [6.45, 7) is 2.45. The maximum absolute atomic E-state index is 12.2. The van der Waals surface area contributed by atoms with Crippen molar-refractivity contribution in [3.05, 3.63) is 88.7 Å². The lowest BCUT2D eigenvalue weighted by atomic mass is 10.1. The zero-order valence-corrected chi connectivity index (χ0v) is 15.1. The van der Waals surface area contributed by atoms with E-state index in [1.165, 1.54) is 12.4 Å². The van der Waals surface area contributed by atoms with Gasteiger partial charge >= 0.3 is 0 Å². The summed E-state index contributed by atoms with van der Waals surface area (Å²) in [5.74, 6) is 0.262. The maximum atomic E-state index is 12.2. The van der Waals surface area contributed by atoms with Gasteiger partial charge in [-0.05, 0) is 30.2 Å². The first-order chi connectivity index (χ1) is 12.6. The van der Waals surface area contributed by atoms with Crippen LogP contribution >= 0.6 is 11.6 Å². The summed E-state index contributed by atoms with van der Waals surface area (Å²) in [5, 5.41) is 6.73. The van der Waals surface area contributed by atoms with Crippen LogP contribution in [0.25, 0.3) is 0 Å². The molecule has 5 nitrogen and oxygen atoms in total. The van der Waals surface area contributed by atoms with E-state index in [1.54, 1.807) is 12.1 Å². The van der Waals surface area contributed by atoms with Crippen LogP contribution < -0.4 is 10.6 Å². The zero-order valence-electron chi connectivity index (χ0n) is 14.3. The van der Waals surface area contributed by atoms with Crippen LogP contribution in [0.5, 0.6) is 0 Å². The van der Waals surface area contributed by atoms with Crippen molar-refractivity contribution in [3.8, 4) is 0 Å². The Morgan fingerprint density at radius 3 is 2.35 bits per heavy atom. The van der Waals surface area contributed by atoms with E-state index >= 15 is 0 Å². The van der Waals surface area contributed by atoms with Crippen LogP contribution in [-0.2, 0) is 6.54 Å². The summed E-state index contributed by atoms with van der Waals surface area (Å²) < 4.78 is 0. The number of aromatic nitrogens is 2. The second kappa shape index (κ2) is 8.45. The third kappa shape index (κ3) is 4.80. The number of carbonyl (C=O) groups excluding carboxylic acids is 1. The number of nitrogens with zero attached hydrogens (tertiary/aromatic N) is 2. The minimum atomic E-state index is -0.220. The van der Waals surface area contributed by atoms with E-state index in [0.29, 0.717) is 23.1 Å². The van der Waals surface area contributed by atoms with Crippen molar-refractivity contribution in [1.29, 1.82) is 0 Å². The van der Waals surface area contributed by atoms with Gasteiger partial charge < -0.3 is 10.6 Å². The highest BCUT2D eigenvalue weighted by Gasteiger charge is 2.09. The number of halogens is 1. The number of anilines is 1. The Kier molecular flexibility index (Phi) is 5.81. The molecule has 0 aliphatic carbocycles. The minimum absolute atomic E-state index is 0.0702. The number of benzene rings is 2. The molecule has 0 fully saturated rings. The average molecular weight is 367 g/mol. The molecule has 0 spiro atoms. The molecule has 1 atom stereocenters. The average Bonchev–Trinajstić information content (AvgIpc) is 2.68. The van der Waals surface area contributed by atoms with E-state index in [0.717, 1.165) is 11.1 Å². The zero-order chi connectivity index (χ0) is 18.4. The van der Waals surface area contributed by atoms with Crippen LogP contribution in [0.4, 0.5) is 5.95 Å². The lowest BCUT2D eigenvalue weighted by Crippen LogP contribution is -2.23. The predicted octanol–water partition coefficient (Wildman–Crippen LogP) is 4.23. The van der Waals surface area contributed by atoms with Crippen molar-refractivity contribution in [3.63, 3.8) is 0 Å². The largest absolute Gasteiger partial charge is 0.348 e. The fourth-order valence-electron chi connectivity index (χ4n) is 2.43. The smallest absolute Gasteiger partial charge is 0.254 e. The van der Waals surface area contributed by atoms with Crippen molar-refractivity contribution >= 4 is 23.5 Å². The molecule has 2 aromatic carbocycles. The number of hydrogen-bond acceptors (Lipinski definition) is 4. The van der Waals surface area contributed by atoms with Gasteiger partial charge in [0.25, 0.3) is 5.91 Å². The number of rotatable bonds is 6. The van der Waals surface area contributed by atoms with Crippen LogP contribution in [0.15, 0.2) is 67.0 Å². The summed E-state index contributed by atoms with van der Waals surface area (Å²) in [6.07, 6.45) is 3.04. The van der Waals surface area contributed by atoms with E-state index in [1.807, 2.05) is 49.4 Å². The van der Waals surface area contributed by atoms with E-state index < -0.39 is 0 Å². The molecule has 0 saturated carbocycles. The molecule has 6 heteroatoms. The van der Waals surface area contributed by atoms with Crippen molar-refractivity contribution in [2.45, 2.75) is 19.5 Å². The van der Waals surface area contributed by atoms with Gasteiger partial charge in [-0.25, -0.2) is 9.97 Å². The third-order valence-corrected chi connectivity index (χ3v) is 4.18. The van der Waals surface area contributed by atoms with Gasteiger partial charge in [-0.15, -0.1) is 0 Å². The van der Waals surface area contributed by atoms with Gasteiger partial charge in [-0.1, -0.05) is 54.1 Å². The van der Waals surface area contributed by atoms with E-state index in [-0.39, 0.29) is 11.9 Å². The van der Waals surface area contributed by atoms with E-state index in [4.69, 9.17) is 11.6 Å². The van der Waals surface area contributed by atoms with E-state index in [2.05, 4.69) is 20.6 Å². The first-order valence-corrected chi connectivity index (χ1v) is 8.66. The van der Waals surface area contributed by atoms with Gasteiger partial charge in [0.1, 0.15) is 0 Å². The van der Waals surface area contributed by atoms with Crippen molar-refractivity contribution in [1.82, 2.24) is 15.3 Å². The molecule has 3 aromatic rings. The lowest BCUT2D eigenvalue weighted by molar-refractivity contribution is 0.0950. The van der Waals surface area contributed by atoms with Crippen LogP contribution in [0, 0.1) is 0 Å². The summed E-state index contributed by atoms with van der Waals surface area (Å²) in [7, 11) is 0. The monoisotopic (exact) mass is 366 g/mol. The fraction of sp³-hybridized carbons (Fsp3) is 0.150. The Balaban J connectivity index is 1.56.